The molecule has 27 heavy (non-hydrogen) atoms. The second kappa shape index (κ2) is 8.12. The number of fused-ring (bicyclic) bond motifs is 1. The molecule has 8 nitrogen and oxygen atoms in total. The third-order valence-corrected chi connectivity index (χ3v) is 5.91. The van der Waals surface area contributed by atoms with Crippen molar-refractivity contribution in [2.24, 2.45) is 0 Å². The number of rotatable bonds is 5. The Kier molecular flexibility index (Phi) is 6.30. The lowest BCUT2D eigenvalue weighted by Crippen LogP contribution is -2.31. The van der Waals surface area contributed by atoms with Crippen LogP contribution in [0.5, 0.6) is 5.75 Å². The molecule has 10 heteroatoms. The maximum atomic E-state index is 12.8. The fourth-order valence-corrected chi connectivity index (χ4v) is 4.45. The number of nitrogens with one attached hydrogen (secondary N) is 1. The molecule has 0 aromatic heterocycles. The highest BCUT2D eigenvalue weighted by Crippen LogP contribution is 2.34. The van der Waals surface area contributed by atoms with E-state index in [-0.39, 0.29) is 34.8 Å². The summed E-state index contributed by atoms with van der Waals surface area (Å²) in [5.41, 5.74) is 8.11. The Morgan fingerprint density at radius 3 is 2.67 bits per heavy atom. The van der Waals surface area contributed by atoms with Crippen LogP contribution in [-0.2, 0) is 16.4 Å². The largest absolute Gasteiger partial charge is 0.490 e. The zero-order valence-corrected chi connectivity index (χ0v) is 16.2. The summed E-state index contributed by atoms with van der Waals surface area (Å²) in [7, 11) is -2.61. The predicted octanol–water partition coefficient (Wildman–Crippen LogP) is 2.96. The van der Waals surface area contributed by atoms with Crippen LogP contribution in [0.1, 0.15) is 30.0 Å². The number of nitro benzene ring substituents is 1. The molecule has 2 aromatic carbocycles. The van der Waals surface area contributed by atoms with E-state index in [0.29, 0.717) is 12.1 Å². The van der Waals surface area contributed by atoms with E-state index in [0.717, 1.165) is 36.1 Å². The summed E-state index contributed by atoms with van der Waals surface area (Å²) in [6, 6.07) is 8.58. The number of nitro groups is 1. The Hall–Kier alpha value is -2.36. The fraction of sp³-hybridized carbons (Fsp3) is 0.294. The summed E-state index contributed by atoms with van der Waals surface area (Å²) in [6.45, 7) is 0. The topological polar surface area (TPSA) is 125 Å². The minimum Gasteiger partial charge on any atom is -0.490 e. The van der Waals surface area contributed by atoms with Gasteiger partial charge >= 0.3 is 5.69 Å². The van der Waals surface area contributed by atoms with Gasteiger partial charge in [0.25, 0.3) is 0 Å². The highest BCUT2D eigenvalue weighted by atomic mass is 35.5. The number of nitrogens with zero attached hydrogens (tertiary/aromatic N) is 1. The van der Waals surface area contributed by atoms with Crippen molar-refractivity contribution in [1.82, 2.24) is 4.72 Å². The van der Waals surface area contributed by atoms with Crippen LogP contribution in [0.25, 0.3) is 0 Å². The minimum absolute atomic E-state index is 0. The van der Waals surface area contributed by atoms with Crippen LogP contribution in [0.2, 0.25) is 0 Å². The van der Waals surface area contributed by atoms with Crippen molar-refractivity contribution in [3.05, 3.63) is 57.6 Å². The number of nitrogens with two attached hydrogens (primary N) is 1. The van der Waals surface area contributed by atoms with Gasteiger partial charge in [0.2, 0.25) is 10.0 Å². The Labute approximate surface area is 163 Å². The second-order valence-electron chi connectivity index (χ2n) is 6.12. The normalized spacial score (nSPS) is 16.1. The van der Waals surface area contributed by atoms with Crippen molar-refractivity contribution in [2.75, 3.05) is 12.8 Å². The SMILES string of the molecule is COc1cc(S(=O)(=O)NC2CCCc3cc(N)ccc32)ccc1[N+](=O)[O-].Cl. The average molecular weight is 414 g/mol. The summed E-state index contributed by atoms with van der Waals surface area (Å²) in [6.07, 6.45) is 2.36. The summed E-state index contributed by atoms with van der Waals surface area (Å²) in [4.78, 5) is 10.3. The first-order valence-corrected chi connectivity index (χ1v) is 9.53. The van der Waals surface area contributed by atoms with Gasteiger partial charge in [-0.25, -0.2) is 13.1 Å². The zero-order chi connectivity index (χ0) is 18.9. The molecule has 0 spiro atoms. The molecule has 0 saturated heterocycles. The van der Waals surface area contributed by atoms with Crippen molar-refractivity contribution in [3.8, 4) is 5.75 Å². The number of benzene rings is 2. The van der Waals surface area contributed by atoms with Crippen LogP contribution < -0.4 is 15.2 Å². The van der Waals surface area contributed by atoms with Gasteiger partial charge < -0.3 is 10.5 Å². The van der Waals surface area contributed by atoms with Crippen LogP contribution >= 0.6 is 12.4 Å². The molecule has 0 bridgehead atoms. The second-order valence-corrected chi connectivity index (χ2v) is 7.83. The van der Waals surface area contributed by atoms with E-state index in [2.05, 4.69) is 4.72 Å². The Balaban J connectivity index is 0.00000261. The van der Waals surface area contributed by atoms with Crippen molar-refractivity contribution in [3.63, 3.8) is 0 Å². The number of sulfonamides is 1. The average Bonchev–Trinajstić information content (AvgIpc) is 2.60. The van der Waals surface area contributed by atoms with E-state index in [1.165, 1.54) is 13.2 Å². The van der Waals surface area contributed by atoms with Crippen molar-refractivity contribution in [2.45, 2.75) is 30.2 Å². The number of hydrogen-bond acceptors (Lipinski definition) is 6. The third-order valence-electron chi connectivity index (χ3n) is 4.44. The van der Waals surface area contributed by atoms with Gasteiger partial charge in [-0.2, -0.15) is 0 Å². The molecular weight excluding hydrogens is 394 g/mol. The van der Waals surface area contributed by atoms with E-state index >= 15 is 0 Å². The molecule has 1 aliphatic carbocycles. The predicted molar refractivity (Wildman–Crippen MR) is 104 cm³/mol. The summed E-state index contributed by atoms with van der Waals surface area (Å²) in [5.74, 6) is -0.102. The number of nitrogen functional groups attached to an aromatic ring is 1. The molecule has 1 unspecified atom stereocenters. The zero-order valence-electron chi connectivity index (χ0n) is 14.5. The summed E-state index contributed by atoms with van der Waals surface area (Å²) >= 11 is 0. The number of ether oxygens (including phenoxy) is 1. The summed E-state index contributed by atoms with van der Waals surface area (Å²) in [5, 5.41) is 11.0. The van der Waals surface area contributed by atoms with Crippen LogP contribution in [0.4, 0.5) is 11.4 Å². The van der Waals surface area contributed by atoms with E-state index in [1.54, 1.807) is 6.07 Å². The standard InChI is InChI=1S/C17H19N3O5S.ClH/c1-25-17-10-13(6-8-16(17)20(21)22)26(23,24)19-15-4-2-3-11-9-12(18)5-7-14(11)15;/h5-10,15,19H,2-4,18H2,1H3;1H. The maximum absolute atomic E-state index is 12.8. The Bertz CT molecular complexity index is 965. The lowest BCUT2D eigenvalue weighted by Gasteiger charge is -2.26. The molecule has 1 atom stereocenters. The van der Waals surface area contributed by atoms with Gasteiger partial charge in [0.15, 0.2) is 5.75 Å². The van der Waals surface area contributed by atoms with E-state index < -0.39 is 14.9 Å². The molecule has 3 N–H and O–H groups in total. The number of aryl methyl sites for hydroxylation is 1. The first-order valence-electron chi connectivity index (χ1n) is 8.05. The molecule has 146 valence electrons. The van der Waals surface area contributed by atoms with Crippen LogP contribution in [-0.4, -0.2) is 20.5 Å². The molecule has 0 fully saturated rings. The maximum Gasteiger partial charge on any atom is 0.310 e. The summed E-state index contributed by atoms with van der Waals surface area (Å²) < 4.78 is 33.2. The van der Waals surface area contributed by atoms with E-state index in [4.69, 9.17) is 10.5 Å². The number of hydrogen-bond donors (Lipinski definition) is 2. The molecule has 0 aliphatic heterocycles. The Morgan fingerprint density at radius 1 is 1.26 bits per heavy atom. The lowest BCUT2D eigenvalue weighted by atomic mass is 9.88. The molecular formula is C17H20ClN3O5S. The van der Waals surface area contributed by atoms with Crippen LogP contribution in [0.15, 0.2) is 41.3 Å². The number of halogens is 1. The quantitative estimate of drug-likeness (QED) is 0.441. The lowest BCUT2D eigenvalue weighted by molar-refractivity contribution is -0.385. The van der Waals surface area contributed by atoms with Crippen molar-refractivity contribution >= 4 is 33.8 Å². The molecule has 0 amide bonds. The molecule has 2 aromatic rings. The minimum atomic E-state index is -3.87. The monoisotopic (exact) mass is 413 g/mol. The van der Waals surface area contributed by atoms with Crippen molar-refractivity contribution < 1.29 is 18.1 Å². The smallest absolute Gasteiger partial charge is 0.310 e. The van der Waals surface area contributed by atoms with E-state index in [1.807, 2.05) is 12.1 Å². The molecule has 1 aliphatic rings. The number of methoxy groups -OCH3 is 1. The number of anilines is 1. The van der Waals surface area contributed by atoms with Gasteiger partial charge in [-0.1, -0.05) is 6.07 Å². The molecule has 3 rings (SSSR count). The molecule has 0 heterocycles. The highest BCUT2D eigenvalue weighted by Gasteiger charge is 2.27. The molecule has 0 radical (unpaired) electrons. The van der Waals surface area contributed by atoms with Crippen LogP contribution in [0, 0.1) is 10.1 Å². The van der Waals surface area contributed by atoms with Gasteiger partial charge in [0.05, 0.1) is 16.9 Å². The van der Waals surface area contributed by atoms with Gasteiger partial charge in [0, 0.05) is 23.9 Å². The van der Waals surface area contributed by atoms with Crippen LogP contribution in [0.3, 0.4) is 0 Å². The molecule has 0 saturated carbocycles. The van der Waals surface area contributed by atoms with Gasteiger partial charge in [-0.15, -0.1) is 12.4 Å². The fourth-order valence-electron chi connectivity index (χ4n) is 3.19. The van der Waals surface area contributed by atoms with Gasteiger partial charge in [0.1, 0.15) is 0 Å². The third kappa shape index (κ3) is 4.32. The Morgan fingerprint density at radius 2 is 2.00 bits per heavy atom. The van der Waals surface area contributed by atoms with Crippen molar-refractivity contribution in [1.29, 1.82) is 0 Å². The first-order chi connectivity index (χ1) is 12.3. The van der Waals surface area contributed by atoms with Gasteiger partial charge in [-0.3, -0.25) is 10.1 Å². The highest BCUT2D eigenvalue weighted by molar-refractivity contribution is 7.89. The van der Waals surface area contributed by atoms with E-state index in [9.17, 15) is 18.5 Å². The van der Waals surface area contributed by atoms with Gasteiger partial charge in [-0.05, 0) is 48.6 Å². The first kappa shape index (κ1) is 20.9.